The number of likely N-dealkylation sites (tertiary alicyclic amines) is 1. The number of aliphatic hydroxyl groups is 1. The first-order valence-corrected chi connectivity index (χ1v) is 12.8. The van der Waals surface area contributed by atoms with Crippen molar-refractivity contribution in [3.05, 3.63) is 69.9 Å². The molecular weight excluding hydrogens is 434 g/mol. The van der Waals surface area contributed by atoms with Gasteiger partial charge in [0.05, 0.1) is 12.1 Å². The summed E-state index contributed by atoms with van der Waals surface area (Å²) in [6, 6.07) is 14.0. The summed E-state index contributed by atoms with van der Waals surface area (Å²) >= 11 is 1.30. The first kappa shape index (κ1) is 25.2. The molecule has 178 valence electrons. The molecule has 0 unspecified atom stereocenters. The van der Waals surface area contributed by atoms with E-state index in [1.165, 1.54) is 16.9 Å². The number of carboxylic acids is 1. The van der Waals surface area contributed by atoms with Crippen LogP contribution >= 0.6 is 11.3 Å². The molecule has 0 aliphatic carbocycles. The normalized spacial score (nSPS) is 18.2. The molecule has 0 saturated carbocycles. The summed E-state index contributed by atoms with van der Waals surface area (Å²) in [4.78, 5) is 26.7. The second-order valence-corrected chi connectivity index (χ2v) is 10.1. The highest BCUT2D eigenvalue weighted by Gasteiger charge is 2.28. The summed E-state index contributed by atoms with van der Waals surface area (Å²) in [5.41, 5.74) is 1.36. The molecule has 2 aromatic rings. The molecule has 3 rings (SSSR count). The molecule has 1 amide bonds. The molecule has 6 heteroatoms. The zero-order valence-electron chi connectivity index (χ0n) is 19.4. The molecule has 0 bridgehead atoms. The SMILES string of the molecule is C[C@H](CCCCc1ccccc1)[C@H](O)C=C[C@H]1CCC(=O)N1CCCc1ccc(C(=O)O)s1. The van der Waals surface area contributed by atoms with Crippen LogP contribution in [0.15, 0.2) is 54.6 Å². The molecule has 1 saturated heterocycles. The van der Waals surface area contributed by atoms with Gasteiger partial charge >= 0.3 is 5.97 Å². The van der Waals surface area contributed by atoms with Gasteiger partial charge in [-0.05, 0) is 62.1 Å². The number of hydrogen-bond acceptors (Lipinski definition) is 4. The lowest BCUT2D eigenvalue weighted by Gasteiger charge is -2.23. The number of unbranched alkanes of at least 4 members (excludes halogenated alkanes) is 1. The van der Waals surface area contributed by atoms with Crippen LogP contribution in [0.1, 0.15) is 65.6 Å². The van der Waals surface area contributed by atoms with E-state index in [0.717, 1.165) is 49.8 Å². The fraction of sp³-hybridized carbons (Fsp3) is 0.481. The Morgan fingerprint density at radius 1 is 1.15 bits per heavy atom. The molecule has 1 fully saturated rings. The van der Waals surface area contributed by atoms with Crippen molar-refractivity contribution in [3.63, 3.8) is 0 Å². The molecule has 0 spiro atoms. The number of aliphatic hydroxyl groups excluding tert-OH is 1. The van der Waals surface area contributed by atoms with E-state index < -0.39 is 12.1 Å². The molecule has 1 aliphatic heterocycles. The number of rotatable bonds is 13. The van der Waals surface area contributed by atoms with E-state index in [2.05, 4.69) is 31.2 Å². The third kappa shape index (κ3) is 7.83. The third-order valence-electron chi connectivity index (χ3n) is 6.40. The van der Waals surface area contributed by atoms with Crippen LogP contribution in [0.2, 0.25) is 0 Å². The highest BCUT2D eigenvalue weighted by molar-refractivity contribution is 7.13. The number of thiophene rings is 1. The molecule has 2 N–H and O–H groups in total. The van der Waals surface area contributed by atoms with E-state index in [1.807, 2.05) is 29.2 Å². The van der Waals surface area contributed by atoms with Gasteiger partial charge in [0, 0.05) is 17.8 Å². The predicted molar refractivity (Wildman–Crippen MR) is 133 cm³/mol. The minimum atomic E-state index is -0.893. The van der Waals surface area contributed by atoms with E-state index in [1.54, 1.807) is 6.07 Å². The Kier molecular flexibility index (Phi) is 9.70. The van der Waals surface area contributed by atoms with Gasteiger partial charge in [-0.2, -0.15) is 0 Å². The average Bonchev–Trinajstić information content (AvgIpc) is 3.43. The van der Waals surface area contributed by atoms with Crippen molar-refractivity contribution in [3.8, 4) is 0 Å². The lowest BCUT2D eigenvalue weighted by molar-refractivity contribution is -0.128. The number of aryl methyl sites for hydroxylation is 2. The Morgan fingerprint density at radius 3 is 2.67 bits per heavy atom. The fourth-order valence-corrected chi connectivity index (χ4v) is 5.23. The van der Waals surface area contributed by atoms with E-state index in [0.29, 0.717) is 17.8 Å². The van der Waals surface area contributed by atoms with Crippen molar-refractivity contribution in [2.24, 2.45) is 5.92 Å². The Hall–Kier alpha value is -2.44. The van der Waals surface area contributed by atoms with Gasteiger partial charge in [-0.3, -0.25) is 4.79 Å². The van der Waals surface area contributed by atoms with Gasteiger partial charge in [0.15, 0.2) is 0 Å². The summed E-state index contributed by atoms with van der Waals surface area (Å²) in [5, 5.41) is 19.6. The molecule has 1 aromatic heterocycles. The second kappa shape index (κ2) is 12.7. The Balaban J connectivity index is 1.40. The Bertz CT molecular complexity index is 923. The largest absolute Gasteiger partial charge is 0.477 e. The standard InChI is InChI=1S/C27H35NO4S/c1-20(8-5-6-11-21-9-3-2-4-10-21)24(29)16-13-22-14-18-26(30)28(22)19-7-12-23-15-17-25(33-23)27(31)32/h2-4,9-10,13,15-17,20,22,24,29H,5-8,11-12,14,18-19H2,1H3,(H,31,32)/t20-,22+,24-/m1/s1. The second-order valence-electron chi connectivity index (χ2n) is 8.95. The van der Waals surface area contributed by atoms with Crippen molar-refractivity contribution in [2.75, 3.05) is 6.54 Å². The fourth-order valence-electron chi connectivity index (χ4n) is 4.34. The highest BCUT2D eigenvalue weighted by Crippen LogP contribution is 2.23. The van der Waals surface area contributed by atoms with Crippen LogP contribution in [0.5, 0.6) is 0 Å². The van der Waals surface area contributed by atoms with Crippen LogP contribution in [0.4, 0.5) is 0 Å². The van der Waals surface area contributed by atoms with E-state index >= 15 is 0 Å². The average molecular weight is 470 g/mol. The highest BCUT2D eigenvalue weighted by atomic mass is 32.1. The van der Waals surface area contributed by atoms with Crippen LogP contribution in [0.3, 0.4) is 0 Å². The summed E-state index contributed by atoms with van der Waals surface area (Å²) in [6.45, 7) is 2.74. The number of carbonyl (C=O) groups excluding carboxylic acids is 1. The van der Waals surface area contributed by atoms with Gasteiger partial charge in [0.25, 0.3) is 0 Å². The van der Waals surface area contributed by atoms with Gasteiger partial charge in [-0.25, -0.2) is 4.79 Å². The van der Waals surface area contributed by atoms with Crippen molar-refractivity contribution < 1.29 is 19.8 Å². The van der Waals surface area contributed by atoms with Gasteiger partial charge < -0.3 is 15.1 Å². The van der Waals surface area contributed by atoms with Crippen molar-refractivity contribution >= 4 is 23.2 Å². The maximum absolute atomic E-state index is 12.3. The van der Waals surface area contributed by atoms with Crippen LogP contribution in [-0.2, 0) is 17.6 Å². The summed E-state index contributed by atoms with van der Waals surface area (Å²) in [6.07, 6.45) is 10.5. The number of carbonyl (C=O) groups is 2. The van der Waals surface area contributed by atoms with Crippen molar-refractivity contribution in [1.29, 1.82) is 0 Å². The van der Waals surface area contributed by atoms with E-state index in [4.69, 9.17) is 5.11 Å². The number of carboxylic acid groups (broad SMARTS) is 1. The van der Waals surface area contributed by atoms with Crippen molar-refractivity contribution in [2.45, 2.75) is 70.4 Å². The molecule has 1 aromatic carbocycles. The summed E-state index contributed by atoms with van der Waals surface area (Å²) in [7, 11) is 0. The maximum Gasteiger partial charge on any atom is 0.345 e. The maximum atomic E-state index is 12.3. The number of nitrogens with zero attached hydrogens (tertiary/aromatic N) is 1. The number of benzene rings is 1. The lowest BCUT2D eigenvalue weighted by Crippen LogP contribution is -2.33. The summed E-state index contributed by atoms with van der Waals surface area (Å²) in [5.74, 6) is -0.550. The molecule has 5 nitrogen and oxygen atoms in total. The van der Waals surface area contributed by atoms with Crippen LogP contribution in [0.25, 0.3) is 0 Å². The molecule has 2 heterocycles. The Morgan fingerprint density at radius 2 is 1.94 bits per heavy atom. The Labute approximate surface area is 200 Å². The predicted octanol–water partition coefficient (Wildman–Crippen LogP) is 5.34. The minimum Gasteiger partial charge on any atom is -0.477 e. The van der Waals surface area contributed by atoms with Gasteiger partial charge in [0.2, 0.25) is 5.91 Å². The van der Waals surface area contributed by atoms with E-state index in [-0.39, 0.29) is 17.9 Å². The minimum absolute atomic E-state index is 0.0374. The number of hydrogen-bond donors (Lipinski definition) is 2. The zero-order chi connectivity index (χ0) is 23.6. The monoisotopic (exact) mass is 469 g/mol. The third-order valence-corrected chi connectivity index (χ3v) is 7.53. The molecule has 3 atom stereocenters. The summed E-state index contributed by atoms with van der Waals surface area (Å²) < 4.78 is 0. The van der Waals surface area contributed by atoms with E-state index in [9.17, 15) is 14.7 Å². The van der Waals surface area contributed by atoms with Gasteiger partial charge in [0.1, 0.15) is 4.88 Å². The molecule has 33 heavy (non-hydrogen) atoms. The molecular formula is C27H35NO4S. The topological polar surface area (TPSA) is 77.8 Å². The van der Waals surface area contributed by atoms with Gasteiger partial charge in [-0.1, -0.05) is 55.8 Å². The molecule has 0 radical (unpaired) electrons. The van der Waals surface area contributed by atoms with Crippen molar-refractivity contribution in [1.82, 2.24) is 4.90 Å². The lowest BCUT2D eigenvalue weighted by atomic mass is 9.95. The quantitative estimate of drug-likeness (QED) is 0.307. The number of aromatic carboxylic acids is 1. The number of amides is 1. The first-order chi connectivity index (χ1) is 15.9. The molecule has 1 aliphatic rings. The smallest absolute Gasteiger partial charge is 0.345 e. The van der Waals surface area contributed by atoms with Crippen LogP contribution in [0, 0.1) is 5.92 Å². The zero-order valence-corrected chi connectivity index (χ0v) is 20.2. The van der Waals surface area contributed by atoms with Crippen LogP contribution in [-0.4, -0.2) is 45.7 Å². The van der Waals surface area contributed by atoms with Crippen LogP contribution < -0.4 is 0 Å². The van der Waals surface area contributed by atoms with Gasteiger partial charge in [-0.15, -0.1) is 11.3 Å². The first-order valence-electron chi connectivity index (χ1n) is 12.0.